The van der Waals surface area contributed by atoms with Crippen molar-refractivity contribution in [2.45, 2.75) is 57.6 Å². The van der Waals surface area contributed by atoms with Crippen molar-refractivity contribution in [1.82, 2.24) is 5.32 Å². The zero-order valence-electron chi connectivity index (χ0n) is 20.2. The molecule has 0 saturated heterocycles. The molecule has 0 saturated carbocycles. The van der Waals surface area contributed by atoms with Gasteiger partial charge < -0.3 is 24.4 Å². The van der Waals surface area contributed by atoms with Crippen LogP contribution in [0, 0.1) is 23.3 Å². The summed E-state index contributed by atoms with van der Waals surface area (Å²) < 4.78 is 65.2. The fraction of sp³-hybridized carbons (Fsp3) is 0.652. The van der Waals surface area contributed by atoms with Gasteiger partial charge in [0.05, 0.1) is 59.4 Å². The number of hydrogen-bond acceptors (Lipinski definition) is 4. The molecule has 2 N–H and O–H groups in total. The Bertz CT molecular complexity index is 802. The summed E-state index contributed by atoms with van der Waals surface area (Å²) in [6.07, 6.45) is 3.66. The smallest absolute Gasteiger partial charge is 0.305 e. The first-order chi connectivity index (χ1) is 15.9. The summed E-state index contributed by atoms with van der Waals surface area (Å²) in [6.45, 7) is 0.0403. The highest BCUT2D eigenvalue weighted by Crippen LogP contribution is 2.30. The van der Waals surface area contributed by atoms with Crippen LogP contribution >= 0.6 is 0 Å². The molecule has 0 radical (unpaired) electrons. The van der Waals surface area contributed by atoms with Crippen LogP contribution in [0.2, 0.25) is 0 Å². The Morgan fingerprint density at radius 1 is 0.941 bits per heavy atom. The van der Waals surface area contributed by atoms with E-state index in [1.165, 1.54) is 0 Å². The molecule has 0 bridgehead atoms. The molecule has 1 atom stereocenters. The number of quaternary nitrogens is 1. The third kappa shape index (κ3) is 10.3. The SMILES string of the molecule is COc1c(F)c(F)c(COCCCCCCCC(=O)NC(CC(=O)O)C[N+](C)(C)C)c(F)c1F. The summed E-state index contributed by atoms with van der Waals surface area (Å²) in [7, 11) is 6.67. The molecule has 0 aliphatic carbocycles. The molecule has 0 aliphatic rings. The van der Waals surface area contributed by atoms with E-state index >= 15 is 0 Å². The number of likely N-dealkylation sites (N-methyl/N-ethyl adjacent to an activating group) is 1. The van der Waals surface area contributed by atoms with Crippen molar-refractivity contribution in [3.8, 4) is 5.75 Å². The number of carbonyl (C=O) groups excluding carboxylic acids is 1. The van der Waals surface area contributed by atoms with Crippen molar-refractivity contribution in [3.05, 3.63) is 28.8 Å². The summed E-state index contributed by atoms with van der Waals surface area (Å²) in [5.74, 6) is -8.55. The molecule has 7 nitrogen and oxygen atoms in total. The van der Waals surface area contributed by atoms with Gasteiger partial charge in [-0.1, -0.05) is 19.3 Å². The first kappa shape index (κ1) is 29.6. The number of carboxylic acids is 1. The number of amides is 1. The number of carbonyl (C=O) groups is 2. The molecule has 34 heavy (non-hydrogen) atoms. The van der Waals surface area contributed by atoms with E-state index in [9.17, 15) is 27.2 Å². The topological polar surface area (TPSA) is 84.9 Å². The van der Waals surface area contributed by atoms with Crippen LogP contribution in [0.3, 0.4) is 0 Å². The molecule has 1 rings (SSSR count). The van der Waals surface area contributed by atoms with Crippen molar-refractivity contribution < 1.29 is 46.2 Å². The maximum atomic E-state index is 13.9. The lowest BCUT2D eigenvalue weighted by Crippen LogP contribution is -2.49. The Balaban J connectivity index is 2.27. The van der Waals surface area contributed by atoms with Gasteiger partial charge in [0.15, 0.2) is 17.4 Å². The predicted octanol–water partition coefficient (Wildman–Crippen LogP) is 3.77. The van der Waals surface area contributed by atoms with E-state index in [1.807, 2.05) is 21.1 Å². The molecule has 0 spiro atoms. The molecule has 0 fully saturated rings. The number of nitrogens with one attached hydrogen (secondary N) is 1. The van der Waals surface area contributed by atoms with Gasteiger partial charge in [-0.15, -0.1) is 0 Å². The van der Waals surface area contributed by atoms with Gasteiger partial charge in [0.2, 0.25) is 17.5 Å². The average Bonchev–Trinajstić information content (AvgIpc) is 2.72. The lowest BCUT2D eigenvalue weighted by Gasteiger charge is -2.29. The highest BCUT2D eigenvalue weighted by Gasteiger charge is 2.26. The first-order valence-corrected chi connectivity index (χ1v) is 11.2. The molecule has 0 aliphatic heterocycles. The summed E-state index contributed by atoms with van der Waals surface area (Å²) in [6, 6.07) is -0.440. The number of methoxy groups -OCH3 is 1. The Morgan fingerprint density at radius 2 is 1.50 bits per heavy atom. The highest BCUT2D eigenvalue weighted by molar-refractivity contribution is 5.77. The number of aliphatic carboxylic acids is 1. The number of carboxylic acid groups (broad SMARTS) is 1. The maximum absolute atomic E-state index is 13.9. The van der Waals surface area contributed by atoms with Gasteiger partial charge in [-0.05, 0) is 12.8 Å². The van der Waals surface area contributed by atoms with E-state index in [-0.39, 0.29) is 25.4 Å². The molecule has 1 amide bonds. The van der Waals surface area contributed by atoms with Gasteiger partial charge in [0.1, 0.15) is 0 Å². The second kappa shape index (κ2) is 14.1. The van der Waals surface area contributed by atoms with Gasteiger partial charge in [0, 0.05) is 13.0 Å². The van der Waals surface area contributed by atoms with Gasteiger partial charge in [-0.25, -0.2) is 8.78 Å². The molecule has 1 aromatic rings. The summed E-state index contributed by atoms with van der Waals surface area (Å²) >= 11 is 0. The second-order valence-corrected chi connectivity index (χ2v) is 9.17. The molecule has 194 valence electrons. The Hall–Kier alpha value is -2.40. The van der Waals surface area contributed by atoms with E-state index in [4.69, 9.17) is 9.84 Å². The van der Waals surface area contributed by atoms with Crippen molar-refractivity contribution in [1.29, 1.82) is 0 Å². The van der Waals surface area contributed by atoms with Crippen molar-refractivity contribution in [3.63, 3.8) is 0 Å². The van der Waals surface area contributed by atoms with Crippen LogP contribution in [-0.2, 0) is 20.9 Å². The average molecular weight is 496 g/mol. The minimum absolute atomic E-state index is 0.134. The van der Waals surface area contributed by atoms with Crippen LogP contribution < -0.4 is 10.1 Å². The van der Waals surface area contributed by atoms with E-state index in [1.54, 1.807) is 0 Å². The van der Waals surface area contributed by atoms with E-state index in [0.29, 0.717) is 23.9 Å². The van der Waals surface area contributed by atoms with Crippen molar-refractivity contribution in [2.75, 3.05) is 41.4 Å². The van der Waals surface area contributed by atoms with Crippen LogP contribution in [-0.4, -0.2) is 68.9 Å². The van der Waals surface area contributed by atoms with Gasteiger partial charge in [-0.3, -0.25) is 9.59 Å². The summed E-state index contributed by atoms with van der Waals surface area (Å²) in [5.41, 5.74) is -0.826. The number of nitrogens with zero attached hydrogens (tertiary/aromatic N) is 1. The minimum Gasteiger partial charge on any atom is -0.491 e. The summed E-state index contributed by atoms with van der Waals surface area (Å²) in [5, 5.41) is 11.8. The van der Waals surface area contributed by atoms with Gasteiger partial charge >= 0.3 is 5.97 Å². The third-order valence-electron chi connectivity index (χ3n) is 5.01. The zero-order chi connectivity index (χ0) is 25.9. The quantitative estimate of drug-likeness (QED) is 0.158. The number of unbranched alkanes of at least 4 members (excludes halogenated alkanes) is 4. The Kier molecular flexibility index (Phi) is 12.3. The van der Waals surface area contributed by atoms with Crippen LogP contribution in [0.4, 0.5) is 17.6 Å². The fourth-order valence-corrected chi connectivity index (χ4v) is 3.49. The van der Waals surface area contributed by atoms with Crippen LogP contribution in [0.5, 0.6) is 5.75 Å². The molecule has 1 unspecified atom stereocenters. The number of benzene rings is 1. The normalized spacial score (nSPS) is 12.5. The third-order valence-corrected chi connectivity index (χ3v) is 5.01. The molecule has 1 aromatic carbocycles. The summed E-state index contributed by atoms with van der Waals surface area (Å²) in [4.78, 5) is 23.1. The minimum atomic E-state index is -1.60. The molecular formula is C23H35F4N2O5+. The predicted molar refractivity (Wildman–Crippen MR) is 117 cm³/mol. The fourth-order valence-electron chi connectivity index (χ4n) is 3.49. The molecular weight excluding hydrogens is 460 g/mol. The number of ether oxygens (including phenoxy) is 2. The first-order valence-electron chi connectivity index (χ1n) is 11.2. The Labute approximate surface area is 197 Å². The standard InChI is InChI=1S/C23H34F4N2O5/c1-29(2,3)13-15(12-18(31)32)28-17(30)10-8-6-5-7-9-11-34-14-16-19(24)21(26)23(33-4)22(27)20(16)25/h15H,5-14H2,1-4H3,(H-,28,30,31,32)/p+1. The van der Waals surface area contributed by atoms with E-state index in [2.05, 4.69) is 10.1 Å². The van der Waals surface area contributed by atoms with Crippen molar-refractivity contribution >= 4 is 11.9 Å². The lowest BCUT2D eigenvalue weighted by atomic mass is 10.1. The number of hydrogen-bond donors (Lipinski definition) is 2. The Morgan fingerprint density at radius 3 is 2.03 bits per heavy atom. The molecule has 0 heterocycles. The molecule has 11 heteroatoms. The molecule has 0 aromatic heterocycles. The largest absolute Gasteiger partial charge is 0.491 e. The van der Waals surface area contributed by atoms with Gasteiger partial charge in [-0.2, -0.15) is 8.78 Å². The van der Waals surface area contributed by atoms with E-state index < -0.39 is 53.2 Å². The van der Waals surface area contributed by atoms with Crippen LogP contribution in [0.15, 0.2) is 0 Å². The van der Waals surface area contributed by atoms with Crippen LogP contribution in [0.25, 0.3) is 0 Å². The van der Waals surface area contributed by atoms with Crippen molar-refractivity contribution in [2.24, 2.45) is 0 Å². The van der Waals surface area contributed by atoms with E-state index in [0.717, 1.165) is 26.4 Å². The second-order valence-electron chi connectivity index (χ2n) is 9.17. The number of halogens is 4. The van der Waals surface area contributed by atoms with Crippen LogP contribution in [0.1, 0.15) is 50.5 Å². The highest BCUT2D eigenvalue weighted by atomic mass is 19.2. The zero-order valence-corrected chi connectivity index (χ0v) is 20.2. The number of rotatable bonds is 16. The lowest BCUT2D eigenvalue weighted by molar-refractivity contribution is -0.871. The maximum Gasteiger partial charge on any atom is 0.305 e. The monoisotopic (exact) mass is 495 g/mol. The van der Waals surface area contributed by atoms with Gasteiger partial charge in [0.25, 0.3) is 0 Å².